The van der Waals surface area contributed by atoms with Crippen LogP contribution in [0.4, 0.5) is 5.69 Å². The van der Waals surface area contributed by atoms with E-state index >= 15 is 0 Å². The quantitative estimate of drug-likeness (QED) is 0.875. The van der Waals surface area contributed by atoms with Crippen molar-refractivity contribution in [3.05, 3.63) is 29.3 Å². The highest BCUT2D eigenvalue weighted by molar-refractivity contribution is 6.30. The summed E-state index contributed by atoms with van der Waals surface area (Å²) in [5.41, 5.74) is 1.16. The minimum Gasteiger partial charge on any atom is -0.382 e. The molecule has 2 aliphatic rings. The molecule has 18 heavy (non-hydrogen) atoms. The fourth-order valence-electron chi connectivity index (χ4n) is 3.55. The van der Waals surface area contributed by atoms with E-state index in [-0.39, 0.29) is 0 Å². The predicted octanol–water partition coefficient (Wildman–Crippen LogP) is 3.77. The number of nitrogens with one attached hydrogen (secondary N) is 1. The summed E-state index contributed by atoms with van der Waals surface area (Å²) in [6, 6.07) is 10.2. The maximum absolute atomic E-state index is 6.03. The largest absolute Gasteiger partial charge is 0.382 e. The van der Waals surface area contributed by atoms with Gasteiger partial charge in [-0.3, -0.25) is 0 Å². The Hall–Kier alpha value is -0.730. The first-order valence-electron chi connectivity index (χ1n) is 6.96. The van der Waals surface area contributed by atoms with Gasteiger partial charge in [0.05, 0.1) is 0 Å². The van der Waals surface area contributed by atoms with Crippen LogP contribution in [0.15, 0.2) is 24.3 Å². The Kier molecular flexibility index (Phi) is 3.49. The maximum atomic E-state index is 6.03. The molecule has 2 fully saturated rings. The Morgan fingerprint density at radius 2 is 1.94 bits per heavy atom. The van der Waals surface area contributed by atoms with Gasteiger partial charge in [-0.2, -0.15) is 0 Å². The molecule has 2 bridgehead atoms. The number of benzene rings is 1. The van der Waals surface area contributed by atoms with Crippen LogP contribution >= 0.6 is 11.6 Å². The highest BCUT2D eigenvalue weighted by atomic mass is 35.5. The van der Waals surface area contributed by atoms with Gasteiger partial charge in [-0.15, -0.1) is 0 Å². The van der Waals surface area contributed by atoms with E-state index in [0.717, 1.165) is 22.8 Å². The molecule has 2 aliphatic heterocycles. The Morgan fingerprint density at radius 1 is 1.22 bits per heavy atom. The summed E-state index contributed by atoms with van der Waals surface area (Å²) in [7, 11) is 2.30. The summed E-state index contributed by atoms with van der Waals surface area (Å²) in [6.45, 7) is 0. The smallest absolute Gasteiger partial charge is 0.0426 e. The van der Waals surface area contributed by atoms with Gasteiger partial charge in [-0.05, 0) is 50.9 Å². The predicted molar refractivity (Wildman–Crippen MR) is 77.3 cm³/mol. The molecule has 0 aliphatic carbocycles. The van der Waals surface area contributed by atoms with Gasteiger partial charge in [0.1, 0.15) is 0 Å². The first kappa shape index (κ1) is 12.3. The summed E-state index contributed by atoms with van der Waals surface area (Å²) >= 11 is 6.03. The first-order valence-corrected chi connectivity index (χ1v) is 7.34. The molecule has 3 atom stereocenters. The fourth-order valence-corrected chi connectivity index (χ4v) is 3.74. The van der Waals surface area contributed by atoms with Crippen molar-refractivity contribution < 1.29 is 0 Å². The zero-order valence-corrected chi connectivity index (χ0v) is 11.7. The zero-order valence-electron chi connectivity index (χ0n) is 10.9. The van der Waals surface area contributed by atoms with Crippen molar-refractivity contribution >= 4 is 17.3 Å². The molecule has 98 valence electrons. The lowest BCUT2D eigenvalue weighted by Gasteiger charge is -2.47. The zero-order chi connectivity index (χ0) is 12.5. The van der Waals surface area contributed by atoms with Gasteiger partial charge in [-0.1, -0.05) is 24.1 Å². The second kappa shape index (κ2) is 5.10. The lowest BCUT2D eigenvalue weighted by atomic mass is 9.82. The van der Waals surface area contributed by atoms with Gasteiger partial charge in [0.25, 0.3) is 0 Å². The molecule has 2 nitrogen and oxygen atoms in total. The average molecular weight is 265 g/mol. The van der Waals surface area contributed by atoms with Gasteiger partial charge in [0.15, 0.2) is 0 Å². The molecule has 0 saturated carbocycles. The lowest BCUT2D eigenvalue weighted by Crippen LogP contribution is -2.52. The molecule has 2 saturated heterocycles. The summed E-state index contributed by atoms with van der Waals surface area (Å²) in [5.74, 6) is 0. The van der Waals surface area contributed by atoms with Gasteiger partial charge >= 0.3 is 0 Å². The molecular weight excluding hydrogens is 244 g/mol. The van der Waals surface area contributed by atoms with Crippen LogP contribution in [0.25, 0.3) is 0 Å². The van der Waals surface area contributed by atoms with Gasteiger partial charge < -0.3 is 10.2 Å². The molecule has 1 aromatic rings. The van der Waals surface area contributed by atoms with Gasteiger partial charge in [0, 0.05) is 28.8 Å². The van der Waals surface area contributed by atoms with Gasteiger partial charge in [-0.25, -0.2) is 0 Å². The van der Waals surface area contributed by atoms with Crippen LogP contribution < -0.4 is 5.32 Å². The highest BCUT2D eigenvalue weighted by Crippen LogP contribution is 2.34. The number of nitrogens with zero attached hydrogens (tertiary/aromatic N) is 1. The standard InChI is InChI=1S/C15H21ClN2/c1-18-14-6-3-7-15(18)10-13(9-14)17-12-5-2-4-11(16)8-12/h2,4-5,8,13-15,17H,3,6-7,9-10H2,1H3/t13?,14-,15?/m1/s1. The van der Waals surface area contributed by atoms with E-state index in [4.69, 9.17) is 11.6 Å². The van der Waals surface area contributed by atoms with E-state index in [1.54, 1.807) is 0 Å². The van der Waals surface area contributed by atoms with Crippen LogP contribution in [0.5, 0.6) is 0 Å². The van der Waals surface area contributed by atoms with Crippen LogP contribution in [0.3, 0.4) is 0 Å². The molecule has 0 radical (unpaired) electrons. The summed E-state index contributed by atoms with van der Waals surface area (Å²) in [6.07, 6.45) is 6.66. The van der Waals surface area contributed by atoms with Crippen LogP contribution in [0, 0.1) is 0 Å². The second-order valence-electron chi connectivity index (χ2n) is 5.73. The Morgan fingerprint density at radius 3 is 2.61 bits per heavy atom. The molecule has 0 aromatic heterocycles. The minimum atomic E-state index is 0.606. The van der Waals surface area contributed by atoms with Crippen LogP contribution in [0.1, 0.15) is 32.1 Å². The number of piperidine rings is 2. The molecule has 1 N–H and O–H groups in total. The Balaban J connectivity index is 1.68. The number of anilines is 1. The van der Waals surface area contributed by atoms with Crippen molar-refractivity contribution in [1.29, 1.82) is 0 Å². The normalized spacial score (nSPS) is 32.2. The van der Waals surface area contributed by atoms with E-state index in [1.165, 1.54) is 32.1 Å². The number of rotatable bonds is 2. The monoisotopic (exact) mass is 264 g/mol. The summed E-state index contributed by atoms with van der Waals surface area (Å²) in [4.78, 5) is 2.60. The Labute approximate surface area is 114 Å². The lowest BCUT2D eigenvalue weighted by molar-refractivity contribution is 0.0608. The second-order valence-corrected chi connectivity index (χ2v) is 6.16. The topological polar surface area (TPSA) is 15.3 Å². The van der Waals surface area contributed by atoms with Gasteiger partial charge in [0.2, 0.25) is 0 Å². The number of fused-ring (bicyclic) bond motifs is 2. The summed E-state index contributed by atoms with van der Waals surface area (Å²) < 4.78 is 0. The maximum Gasteiger partial charge on any atom is 0.0426 e. The third-order valence-corrected chi connectivity index (χ3v) is 4.77. The SMILES string of the molecule is CN1C2CCC[C@@H]1CC(Nc1cccc(Cl)c1)C2. The first-order chi connectivity index (χ1) is 8.72. The van der Waals surface area contributed by atoms with E-state index in [1.807, 2.05) is 18.2 Å². The van der Waals surface area contributed by atoms with Crippen LogP contribution in [-0.2, 0) is 0 Å². The van der Waals surface area contributed by atoms with Crippen molar-refractivity contribution in [1.82, 2.24) is 4.90 Å². The number of halogens is 1. The summed E-state index contributed by atoms with van der Waals surface area (Å²) in [5, 5.41) is 4.47. The Bertz CT molecular complexity index is 407. The molecule has 0 amide bonds. The molecule has 3 rings (SSSR count). The average Bonchev–Trinajstić information content (AvgIpc) is 2.30. The molecule has 1 aromatic carbocycles. The van der Waals surface area contributed by atoms with E-state index in [2.05, 4.69) is 23.3 Å². The van der Waals surface area contributed by atoms with Crippen molar-refractivity contribution in [2.24, 2.45) is 0 Å². The molecule has 2 heterocycles. The highest BCUT2D eigenvalue weighted by Gasteiger charge is 2.35. The van der Waals surface area contributed by atoms with Crippen LogP contribution in [-0.4, -0.2) is 30.1 Å². The number of hydrogen-bond acceptors (Lipinski definition) is 2. The van der Waals surface area contributed by atoms with Crippen molar-refractivity contribution in [2.45, 2.75) is 50.2 Å². The molecule has 2 unspecified atom stereocenters. The third-order valence-electron chi connectivity index (χ3n) is 4.54. The van der Waals surface area contributed by atoms with Crippen molar-refractivity contribution in [2.75, 3.05) is 12.4 Å². The van der Waals surface area contributed by atoms with Crippen molar-refractivity contribution in [3.8, 4) is 0 Å². The molecule has 3 heteroatoms. The molecular formula is C15H21ClN2. The van der Waals surface area contributed by atoms with E-state index in [9.17, 15) is 0 Å². The molecule has 0 spiro atoms. The van der Waals surface area contributed by atoms with Crippen LogP contribution in [0.2, 0.25) is 5.02 Å². The van der Waals surface area contributed by atoms with E-state index < -0.39 is 0 Å². The number of hydrogen-bond donors (Lipinski definition) is 1. The fraction of sp³-hybridized carbons (Fsp3) is 0.600. The third kappa shape index (κ3) is 2.50. The van der Waals surface area contributed by atoms with Crippen molar-refractivity contribution in [3.63, 3.8) is 0 Å². The minimum absolute atomic E-state index is 0.606. The van der Waals surface area contributed by atoms with E-state index in [0.29, 0.717) is 6.04 Å².